The Hall–Kier alpha value is -3.08. The normalized spacial score (nSPS) is 12.7. The number of carbonyl (C=O) groups is 1. The van der Waals surface area contributed by atoms with Crippen LogP contribution in [0.5, 0.6) is 0 Å². The number of carbonyl (C=O) groups excluding carboxylic acids is 1. The van der Waals surface area contributed by atoms with E-state index in [9.17, 15) is 4.79 Å². The molecule has 4 aromatic rings. The van der Waals surface area contributed by atoms with E-state index >= 15 is 0 Å². The minimum Gasteiger partial charge on any atom is -0.361 e. The largest absolute Gasteiger partial charge is 0.361 e. The third kappa shape index (κ3) is 3.08. The Morgan fingerprint density at radius 2 is 1.81 bits per heavy atom. The van der Waals surface area contributed by atoms with Crippen molar-refractivity contribution in [3.63, 3.8) is 0 Å². The molecule has 0 radical (unpaired) electrons. The van der Waals surface area contributed by atoms with Gasteiger partial charge < -0.3 is 15.3 Å². The Bertz CT molecular complexity index is 1030. The van der Waals surface area contributed by atoms with E-state index in [4.69, 9.17) is 0 Å². The lowest BCUT2D eigenvalue weighted by Gasteiger charge is -2.20. The van der Waals surface area contributed by atoms with Crippen LogP contribution in [0.2, 0.25) is 0 Å². The summed E-state index contributed by atoms with van der Waals surface area (Å²) in [5, 5.41) is 4.24. The predicted molar refractivity (Wildman–Crippen MR) is 104 cm³/mol. The first-order chi connectivity index (χ1) is 12.6. The van der Waals surface area contributed by atoms with Crippen molar-refractivity contribution >= 4 is 27.8 Å². The lowest BCUT2D eigenvalue weighted by atomic mass is 10.0. The zero-order valence-corrected chi connectivity index (χ0v) is 14.9. The van der Waals surface area contributed by atoms with E-state index in [-0.39, 0.29) is 17.9 Å². The van der Waals surface area contributed by atoms with Gasteiger partial charge in [0.25, 0.3) is 0 Å². The molecule has 0 fully saturated rings. The van der Waals surface area contributed by atoms with Crippen LogP contribution in [0.25, 0.3) is 21.9 Å². The van der Waals surface area contributed by atoms with Crippen LogP contribution in [-0.4, -0.2) is 20.9 Å². The molecule has 0 aliphatic heterocycles. The van der Waals surface area contributed by atoms with Crippen LogP contribution in [0.3, 0.4) is 0 Å². The lowest BCUT2D eigenvalue weighted by molar-refractivity contribution is -0.121. The number of nitrogens with one attached hydrogen (secondary N) is 3. The Morgan fingerprint density at radius 3 is 2.58 bits per heavy atom. The van der Waals surface area contributed by atoms with Gasteiger partial charge >= 0.3 is 0 Å². The average Bonchev–Trinajstić information content (AvgIpc) is 3.23. The first-order valence-corrected chi connectivity index (χ1v) is 8.91. The Kier molecular flexibility index (Phi) is 4.21. The number of rotatable bonds is 5. The third-order valence-corrected chi connectivity index (χ3v) is 4.71. The van der Waals surface area contributed by atoms with Gasteiger partial charge in [0.2, 0.25) is 5.91 Å². The number of para-hydroxylation sites is 3. The van der Waals surface area contributed by atoms with Gasteiger partial charge in [-0.15, -0.1) is 0 Å². The Morgan fingerprint density at radius 1 is 1.08 bits per heavy atom. The number of hydrogen-bond acceptors (Lipinski definition) is 2. The summed E-state index contributed by atoms with van der Waals surface area (Å²) in [6.45, 7) is 4.17. The van der Waals surface area contributed by atoms with Crippen LogP contribution >= 0.6 is 0 Å². The van der Waals surface area contributed by atoms with Crippen molar-refractivity contribution in [3.05, 3.63) is 66.1 Å². The summed E-state index contributed by atoms with van der Waals surface area (Å²) in [4.78, 5) is 23.9. The maximum atomic E-state index is 12.7. The number of hydrogen-bond donors (Lipinski definition) is 3. The fourth-order valence-corrected chi connectivity index (χ4v) is 3.35. The molecule has 3 N–H and O–H groups in total. The number of amides is 1. The van der Waals surface area contributed by atoms with Gasteiger partial charge in [-0.3, -0.25) is 4.79 Å². The van der Waals surface area contributed by atoms with E-state index in [1.54, 1.807) is 0 Å². The van der Waals surface area contributed by atoms with E-state index in [1.807, 2.05) is 54.7 Å². The zero-order valence-electron chi connectivity index (χ0n) is 14.9. The molecule has 2 aromatic carbocycles. The summed E-state index contributed by atoms with van der Waals surface area (Å²) in [5.41, 5.74) is 3.95. The Balaban J connectivity index is 1.55. The van der Waals surface area contributed by atoms with Gasteiger partial charge in [0.1, 0.15) is 5.82 Å². The summed E-state index contributed by atoms with van der Waals surface area (Å²) in [6.07, 6.45) is 2.25. The highest BCUT2D eigenvalue weighted by Gasteiger charge is 2.22. The first kappa shape index (κ1) is 16.4. The Labute approximate surface area is 151 Å². The highest BCUT2D eigenvalue weighted by Crippen LogP contribution is 2.23. The topological polar surface area (TPSA) is 73.6 Å². The quantitative estimate of drug-likeness (QED) is 0.509. The molecule has 132 valence electrons. The number of aromatic nitrogens is 3. The summed E-state index contributed by atoms with van der Waals surface area (Å²) < 4.78 is 0. The molecule has 2 aromatic heterocycles. The fraction of sp³-hybridized carbons (Fsp3) is 0.238. The van der Waals surface area contributed by atoms with Crippen molar-refractivity contribution in [3.8, 4) is 0 Å². The third-order valence-electron chi connectivity index (χ3n) is 4.71. The number of aromatic amines is 2. The molecule has 0 aliphatic rings. The molecule has 0 saturated heterocycles. The highest BCUT2D eigenvalue weighted by atomic mass is 16.1. The van der Waals surface area contributed by atoms with Crippen LogP contribution in [-0.2, 0) is 11.2 Å². The van der Waals surface area contributed by atoms with Crippen LogP contribution in [0.15, 0.2) is 54.7 Å². The number of nitrogens with zero attached hydrogens (tertiary/aromatic N) is 1. The molecule has 0 aliphatic carbocycles. The van der Waals surface area contributed by atoms with Gasteiger partial charge in [-0.25, -0.2) is 4.98 Å². The highest BCUT2D eigenvalue weighted by molar-refractivity contribution is 5.89. The smallest absolute Gasteiger partial charge is 0.225 e. The summed E-state index contributed by atoms with van der Waals surface area (Å²) in [6, 6.07) is 15.8. The number of H-pyrrole nitrogens is 2. The van der Waals surface area contributed by atoms with Crippen LogP contribution in [0, 0.1) is 5.92 Å². The van der Waals surface area contributed by atoms with Crippen molar-refractivity contribution in [2.45, 2.75) is 26.3 Å². The molecule has 0 spiro atoms. The maximum Gasteiger partial charge on any atom is 0.225 e. The molecule has 1 atom stereocenters. The minimum atomic E-state index is -0.153. The van der Waals surface area contributed by atoms with Crippen molar-refractivity contribution in [1.29, 1.82) is 0 Å². The summed E-state index contributed by atoms with van der Waals surface area (Å²) >= 11 is 0. The molecular formula is C21H22N4O. The second-order valence-corrected chi connectivity index (χ2v) is 6.96. The second-order valence-electron chi connectivity index (χ2n) is 6.96. The van der Waals surface area contributed by atoms with Crippen LogP contribution in [0.1, 0.15) is 31.3 Å². The summed E-state index contributed by atoms with van der Waals surface area (Å²) in [7, 11) is 0. The first-order valence-electron chi connectivity index (χ1n) is 8.91. The summed E-state index contributed by atoms with van der Waals surface area (Å²) in [5.74, 6) is 1.02. The van der Waals surface area contributed by atoms with Gasteiger partial charge in [0, 0.05) is 17.1 Å². The molecule has 5 heteroatoms. The second kappa shape index (κ2) is 6.67. The van der Waals surface area contributed by atoms with Gasteiger partial charge in [-0.2, -0.15) is 0 Å². The molecular weight excluding hydrogens is 324 g/mol. The number of benzene rings is 2. The lowest BCUT2D eigenvalue weighted by Crippen LogP contribution is -2.33. The molecule has 1 amide bonds. The minimum absolute atomic E-state index is 0.00564. The average molecular weight is 346 g/mol. The molecule has 26 heavy (non-hydrogen) atoms. The number of fused-ring (bicyclic) bond motifs is 2. The van der Waals surface area contributed by atoms with E-state index in [0.717, 1.165) is 33.3 Å². The number of imidazole rings is 1. The molecule has 1 unspecified atom stereocenters. The van der Waals surface area contributed by atoms with Gasteiger partial charge in [0.15, 0.2) is 0 Å². The zero-order chi connectivity index (χ0) is 18.1. The van der Waals surface area contributed by atoms with E-state index in [1.165, 1.54) is 0 Å². The van der Waals surface area contributed by atoms with Crippen molar-refractivity contribution in [2.24, 2.45) is 5.92 Å². The van der Waals surface area contributed by atoms with Crippen LogP contribution < -0.4 is 5.32 Å². The molecule has 2 heterocycles. The standard InChI is InChI=1S/C21H22N4O/c1-13(2)20(21-23-17-9-5-6-10-18(17)24-21)25-19(26)11-14-12-22-16-8-4-3-7-15(14)16/h3-10,12-13,20,22H,11H2,1-2H3,(H,23,24)(H,25,26). The maximum absolute atomic E-state index is 12.7. The van der Waals surface area contributed by atoms with Crippen molar-refractivity contribution in [2.75, 3.05) is 0 Å². The van der Waals surface area contributed by atoms with Gasteiger partial charge in [-0.1, -0.05) is 44.2 Å². The van der Waals surface area contributed by atoms with Crippen molar-refractivity contribution < 1.29 is 4.79 Å². The van der Waals surface area contributed by atoms with E-state index in [2.05, 4.69) is 34.1 Å². The van der Waals surface area contributed by atoms with E-state index < -0.39 is 0 Å². The molecule has 5 nitrogen and oxygen atoms in total. The van der Waals surface area contributed by atoms with Gasteiger partial charge in [-0.05, 0) is 29.7 Å². The monoisotopic (exact) mass is 346 g/mol. The fourth-order valence-electron chi connectivity index (χ4n) is 3.35. The van der Waals surface area contributed by atoms with Gasteiger partial charge in [0.05, 0.1) is 23.5 Å². The molecule has 0 bridgehead atoms. The predicted octanol–water partition coefficient (Wildman–Crippen LogP) is 4.10. The molecule has 4 rings (SSSR count). The van der Waals surface area contributed by atoms with Crippen LogP contribution in [0.4, 0.5) is 0 Å². The van der Waals surface area contributed by atoms with E-state index in [0.29, 0.717) is 6.42 Å². The van der Waals surface area contributed by atoms with Crippen molar-refractivity contribution in [1.82, 2.24) is 20.3 Å². The SMILES string of the molecule is CC(C)C(NC(=O)Cc1c[nH]c2ccccc12)c1nc2ccccc2[nH]1. The molecule has 0 saturated carbocycles.